The van der Waals surface area contributed by atoms with E-state index < -0.39 is 0 Å². The summed E-state index contributed by atoms with van der Waals surface area (Å²) in [6.45, 7) is 4.47. The highest BCUT2D eigenvalue weighted by Gasteiger charge is 2.32. The zero-order valence-corrected chi connectivity index (χ0v) is 10.2. The van der Waals surface area contributed by atoms with Crippen molar-refractivity contribution in [3.05, 3.63) is 22.5 Å². The van der Waals surface area contributed by atoms with E-state index in [1.165, 1.54) is 41.8 Å². The van der Waals surface area contributed by atoms with E-state index in [0.29, 0.717) is 11.8 Å². The number of nitrogens with two attached hydrogens (primary N) is 1. The molecule has 2 nitrogen and oxygen atoms in total. The molecule has 2 aliphatic rings. The lowest BCUT2D eigenvalue weighted by Gasteiger charge is -2.18. The smallest absolute Gasteiger partial charge is 0.0493 e. The molecule has 0 aliphatic heterocycles. The highest BCUT2D eigenvalue weighted by atomic mass is 14.8. The van der Waals surface area contributed by atoms with Gasteiger partial charge in [0.05, 0.1) is 0 Å². The van der Waals surface area contributed by atoms with E-state index in [2.05, 4.69) is 13.8 Å². The fourth-order valence-corrected chi connectivity index (χ4v) is 2.92. The Morgan fingerprint density at radius 1 is 1.25 bits per heavy atom. The fraction of sp³-hybridized carbons (Fsp3) is 0.643. The van der Waals surface area contributed by atoms with E-state index in [1.54, 1.807) is 0 Å². The van der Waals surface area contributed by atoms with Crippen LogP contribution in [-0.2, 0) is 12.8 Å². The van der Waals surface area contributed by atoms with Gasteiger partial charge in [-0.1, -0.05) is 13.8 Å². The van der Waals surface area contributed by atoms with E-state index in [-0.39, 0.29) is 0 Å². The van der Waals surface area contributed by atoms with Crippen molar-refractivity contribution in [1.82, 2.24) is 4.98 Å². The molecule has 0 bridgehead atoms. The Morgan fingerprint density at radius 3 is 2.62 bits per heavy atom. The third-order valence-corrected chi connectivity index (χ3v) is 3.88. The molecule has 0 atom stereocenters. The van der Waals surface area contributed by atoms with Crippen LogP contribution in [-0.4, -0.2) is 4.98 Å². The normalized spacial score (nSPS) is 19.2. The molecule has 0 unspecified atom stereocenters. The number of fused-ring (bicyclic) bond motifs is 1. The standard InChI is InChI=1S/C14H20N2/c1-8(2)12-13(15)10-4-3-5-11(10)16-14(12)9-6-7-9/h8-9H,3-7H2,1-2H3,(H2,15,16). The Balaban J connectivity index is 2.19. The number of aryl methyl sites for hydroxylation is 1. The number of hydrogen-bond donors (Lipinski definition) is 1. The van der Waals surface area contributed by atoms with Crippen LogP contribution in [0.3, 0.4) is 0 Å². The van der Waals surface area contributed by atoms with Gasteiger partial charge in [0.15, 0.2) is 0 Å². The van der Waals surface area contributed by atoms with E-state index >= 15 is 0 Å². The van der Waals surface area contributed by atoms with E-state index in [1.807, 2.05) is 0 Å². The molecular formula is C14H20N2. The second kappa shape index (κ2) is 3.47. The number of rotatable bonds is 2. The zero-order valence-electron chi connectivity index (χ0n) is 10.2. The number of nitrogens with zero attached hydrogens (tertiary/aromatic N) is 1. The number of pyridine rings is 1. The van der Waals surface area contributed by atoms with E-state index in [0.717, 1.165) is 18.5 Å². The van der Waals surface area contributed by atoms with Gasteiger partial charge in [-0.05, 0) is 49.1 Å². The molecule has 2 N–H and O–H groups in total. The van der Waals surface area contributed by atoms with Gasteiger partial charge in [-0.25, -0.2) is 0 Å². The van der Waals surface area contributed by atoms with Crippen LogP contribution in [0.2, 0.25) is 0 Å². The molecule has 0 amide bonds. The van der Waals surface area contributed by atoms with E-state index in [4.69, 9.17) is 10.7 Å². The lowest BCUT2D eigenvalue weighted by Crippen LogP contribution is -2.08. The van der Waals surface area contributed by atoms with Crippen LogP contribution in [0.25, 0.3) is 0 Å². The summed E-state index contributed by atoms with van der Waals surface area (Å²) >= 11 is 0. The molecule has 2 aliphatic carbocycles. The van der Waals surface area contributed by atoms with Crippen LogP contribution >= 0.6 is 0 Å². The fourth-order valence-electron chi connectivity index (χ4n) is 2.92. The lowest BCUT2D eigenvalue weighted by molar-refractivity contribution is 0.814. The van der Waals surface area contributed by atoms with Crippen LogP contribution in [0, 0.1) is 0 Å². The molecule has 1 saturated carbocycles. The van der Waals surface area contributed by atoms with Crippen LogP contribution < -0.4 is 5.73 Å². The zero-order chi connectivity index (χ0) is 11.3. The number of anilines is 1. The average Bonchev–Trinajstić information content (AvgIpc) is 2.96. The highest BCUT2D eigenvalue weighted by molar-refractivity contribution is 5.60. The van der Waals surface area contributed by atoms with Crippen molar-refractivity contribution < 1.29 is 0 Å². The highest BCUT2D eigenvalue weighted by Crippen LogP contribution is 2.45. The van der Waals surface area contributed by atoms with Gasteiger partial charge in [-0.2, -0.15) is 0 Å². The Labute approximate surface area is 97.3 Å². The summed E-state index contributed by atoms with van der Waals surface area (Å²) < 4.78 is 0. The summed E-state index contributed by atoms with van der Waals surface area (Å²) in [4.78, 5) is 4.92. The van der Waals surface area contributed by atoms with Crippen molar-refractivity contribution in [2.45, 2.75) is 57.8 Å². The predicted molar refractivity (Wildman–Crippen MR) is 66.7 cm³/mol. The van der Waals surface area contributed by atoms with Crippen molar-refractivity contribution in [2.24, 2.45) is 0 Å². The van der Waals surface area contributed by atoms with Gasteiger partial charge in [-0.15, -0.1) is 0 Å². The molecule has 3 rings (SSSR count). The third-order valence-electron chi connectivity index (χ3n) is 3.88. The van der Waals surface area contributed by atoms with Crippen molar-refractivity contribution >= 4 is 5.69 Å². The minimum atomic E-state index is 0.508. The van der Waals surface area contributed by atoms with Crippen LogP contribution in [0.1, 0.15) is 67.5 Å². The summed E-state index contributed by atoms with van der Waals surface area (Å²) in [6.07, 6.45) is 6.13. The van der Waals surface area contributed by atoms with Crippen molar-refractivity contribution in [2.75, 3.05) is 5.73 Å². The first kappa shape index (κ1) is 10.1. The average molecular weight is 216 g/mol. The first-order valence-corrected chi connectivity index (χ1v) is 6.49. The topological polar surface area (TPSA) is 38.9 Å². The van der Waals surface area contributed by atoms with Gasteiger partial charge >= 0.3 is 0 Å². The van der Waals surface area contributed by atoms with Gasteiger partial charge in [0.1, 0.15) is 0 Å². The number of hydrogen-bond acceptors (Lipinski definition) is 2. The van der Waals surface area contributed by atoms with Crippen molar-refractivity contribution in [1.29, 1.82) is 0 Å². The van der Waals surface area contributed by atoms with E-state index in [9.17, 15) is 0 Å². The summed E-state index contributed by atoms with van der Waals surface area (Å²) in [7, 11) is 0. The molecule has 1 aromatic heterocycles. The third kappa shape index (κ3) is 1.43. The maximum Gasteiger partial charge on any atom is 0.0493 e. The largest absolute Gasteiger partial charge is 0.398 e. The Kier molecular flexibility index (Phi) is 2.20. The molecule has 0 aromatic carbocycles. The minimum Gasteiger partial charge on any atom is -0.398 e. The van der Waals surface area contributed by atoms with Gasteiger partial charge in [0.25, 0.3) is 0 Å². The number of aromatic nitrogens is 1. The molecule has 1 fully saturated rings. The van der Waals surface area contributed by atoms with Gasteiger partial charge in [-0.3, -0.25) is 4.98 Å². The first-order valence-electron chi connectivity index (χ1n) is 6.49. The van der Waals surface area contributed by atoms with Gasteiger partial charge < -0.3 is 5.73 Å². The SMILES string of the molecule is CC(C)c1c(C2CC2)nc2c(c1N)CCC2. The lowest BCUT2D eigenvalue weighted by atomic mass is 9.94. The molecule has 1 heterocycles. The van der Waals surface area contributed by atoms with Crippen LogP contribution in [0.15, 0.2) is 0 Å². The quantitative estimate of drug-likeness (QED) is 0.824. The molecule has 0 radical (unpaired) electrons. The van der Waals surface area contributed by atoms with Crippen molar-refractivity contribution in [3.8, 4) is 0 Å². The Morgan fingerprint density at radius 2 is 2.00 bits per heavy atom. The molecule has 16 heavy (non-hydrogen) atoms. The van der Waals surface area contributed by atoms with Crippen LogP contribution in [0.5, 0.6) is 0 Å². The maximum absolute atomic E-state index is 6.36. The molecule has 0 spiro atoms. The summed E-state index contributed by atoms with van der Waals surface area (Å²) in [6, 6.07) is 0. The van der Waals surface area contributed by atoms with Gasteiger partial charge in [0, 0.05) is 23.0 Å². The predicted octanol–water partition coefficient (Wildman–Crippen LogP) is 3.15. The monoisotopic (exact) mass is 216 g/mol. The van der Waals surface area contributed by atoms with Crippen LogP contribution in [0.4, 0.5) is 5.69 Å². The van der Waals surface area contributed by atoms with Crippen molar-refractivity contribution in [3.63, 3.8) is 0 Å². The summed E-state index contributed by atoms with van der Waals surface area (Å²) in [5.74, 6) is 1.22. The Bertz CT molecular complexity index is 431. The molecule has 1 aromatic rings. The second-order valence-corrected chi connectivity index (χ2v) is 5.53. The molecular weight excluding hydrogens is 196 g/mol. The first-order chi connectivity index (χ1) is 7.68. The summed E-state index contributed by atoms with van der Waals surface area (Å²) in [5.41, 5.74) is 12.8. The molecule has 2 heteroatoms. The van der Waals surface area contributed by atoms with Gasteiger partial charge in [0.2, 0.25) is 0 Å². The molecule has 86 valence electrons. The second-order valence-electron chi connectivity index (χ2n) is 5.53. The number of nitrogen functional groups attached to an aromatic ring is 1. The Hall–Kier alpha value is -1.05. The summed E-state index contributed by atoms with van der Waals surface area (Å²) in [5, 5.41) is 0. The maximum atomic E-state index is 6.36. The molecule has 0 saturated heterocycles. The minimum absolute atomic E-state index is 0.508.